The Morgan fingerprint density at radius 1 is 1.00 bits per heavy atom. The van der Waals surface area contributed by atoms with Crippen molar-refractivity contribution in [1.82, 2.24) is 9.47 Å². The molecule has 1 unspecified atom stereocenters. The molecule has 3 aromatic rings. The van der Waals surface area contributed by atoms with E-state index in [-0.39, 0.29) is 12.2 Å². The minimum Gasteiger partial charge on any atom is -0.493 e. The van der Waals surface area contributed by atoms with E-state index in [1.54, 1.807) is 41.0 Å². The molecule has 1 aliphatic rings. The van der Waals surface area contributed by atoms with Crippen LogP contribution in [0.2, 0.25) is 0 Å². The molecule has 164 valence electrons. The lowest BCUT2D eigenvalue weighted by atomic mass is 9.99. The number of aromatic nitrogens is 1. The second-order valence-corrected chi connectivity index (χ2v) is 7.54. The molecule has 32 heavy (non-hydrogen) atoms. The molecule has 0 fully saturated rings. The molecule has 2 aromatic carbocycles. The van der Waals surface area contributed by atoms with Crippen LogP contribution in [0.15, 0.2) is 60.9 Å². The van der Waals surface area contributed by atoms with Gasteiger partial charge in [0.1, 0.15) is 5.78 Å². The van der Waals surface area contributed by atoms with Gasteiger partial charge in [0.25, 0.3) is 11.8 Å². The number of nitrogens with zero attached hydrogens (tertiary/aromatic N) is 2. The molecule has 2 heterocycles. The number of carbonyl (C=O) groups excluding carboxylic acids is 3. The minimum absolute atomic E-state index is 0.00220. The summed E-state index contributed by atoms with van der Waals surface area (Å²) in [7, 11) is 1.54. The summed E-state index contributed by atoms with van der Waals surface area (Å²) in [5, 5.41) is 0. The van der Waals surface area contributed by atoms with Crippen LogP contribution in [0.4, 0.5) is 0 Å². The highest BCUT2D eigenvalue weighted by Crippen LogP contribution is 2.39. The van der Waals surface area contributed by atoms with Crippen molar-refractivity contribution in [2.75, 3.05) is 13.7 Å². The van der Waals surface area contributed by atoms with Crippen LogP contribution >= 0.6 is 0 Å². The van der Waals surface area contributed by atoms with Gasteiger partial charge in [-0.25, -0.2) is 0 Å². The van der Waals surface area contributed by atoms with E-state index in [1.165, 1.54) is 18.9 Å². The van der Waals surface area contributed by atoms with Gasteiger partial charge in [0.05, 0.1) is 36.6 Å². The van der Waals surface area contributed by atoms with Crippen molar-refractivity contribution >= 4 is 17.6 Å². The quantitative estimate of drug-likeness (QED) is 0.499. The third kappa shape index (κ3) is 3.66. The van der Waals surface area contributed by atoms with E-state index < -0.39 is 17.9 Å². The molecule has 0 radical (unpaired) electrons. The van der Waals surface area contributed by atoms with E-state index in [0.29, 0.717) is 40.5 Å². The predicted octanol–water partition coefficient (Wildman–Crippen LogP) is 4.20. The number of ketones is 1. The zero-order valence-corrected chi connectivity index (χ0v) is 18.2. The Bertz CT molecular complexity index is 1180. The van der Waals surface area contributed by atoms with Crippen molar-refractivity contribution in [3.05, 3.63) is 77.6 Å². The smallest absolute Gasteiger partial charge is 0.264 e. The fraction of sp³-hybridized carbons (Fsp3) is 0.240. The average molecular weight is 432 g/mol. The summed E-state index contributed by atoms with van der Waals surface area (Å²) in [6, 6.07) is 13.3. The number of imide groups is 1. The van der Waals surface area contributed by atoms with Gasteiger partial charge in [0.2, 0.25) is 0 Å². The minimum atomic E-state index is -0.762. The number of rotatable bonds is 8. The van der Waals surface area contributed by atoms with Crippen LogP contribution in [0.1, 0.15) is 52.6 Å². The number of hydrogen-bond acceptors (Lipinski definition) is 5. The maximum absolute atomic E-state index is 13.6. The molecule has 7 nitrogen and oxygen atoms in total. The molecule has 0 N–H and O–H groups in total. The highest BCUT2D eigenvalue weighted by atomic mass is 16.5. The summed E-state index contributed by atoms with van der Waals surface area (Å²) in [6.45, 7) is 3.72. The Balaban J connectivity index is 1.81. The zero-order chi connectivity index (χ0) is 22.8. The van der Waals surface area contributed by atoms with Crippen molar-refractivity contribution in [2.24, 2.45) is 0 Å². The van der Waals surface area contributed by atoms with E-state index in [4.69, 9.17) is 9.47 Å². The summed E-state index contributed by atoms with van der Waals surface area (Å²) >= 11 is 0. The van der Waals surface area contributed by atoms with E-state index in [9.17, 15) is 14.4 Å². The molecule has 1 aromatic heterocycles. The van der Waals surface area contributed by atoms with Crippen molar-refractivity contribution < 1.29 is 23.9 Å². The Kier molecular flexibility index (Phi) is 5.81. The molecule has 4 rings (SSSR count). The van der Waals surface area contributed by atoms with Crippen molar-refractivity contribution in [3.8, 4) is 17.2 Å². The lowest BCUT2D eigenvalue weighted by molar-refractivity contribution is -0.117. The van der Waals surface area contributed by atoms with Crippen LogP contribution < -0.4 is 9.47 Å². The number of Topliss-reactive ketones (excluding diaryl/α,β-unsaturated/α-hetero) is 1. The summed E-state index contributed by atoms with van der Waals surface area (Å²) in [5.41, 5.74) is 1.91. The molecular weight excluding hydrogens is 408 g/mol. The molecule has 2 amide bonds. The van der Waals surface area contributed by atoms with Crippen LogP contribution in [0, 0.1) is 0 Å². The Morgan fingerprint density at radius 3 is 2.41 bits per heavy atom. The number of amides is 2. The molecule has 1 aliphatic heterocycles. The van der Waals surface area contributed by atoms with Gasteiger partial charge in [-0.1, -0.05) is 12.1 Å². The van der Waals surface area contributed by atoms with E-state index in [2.05, 4.69) is 0 Å². The second kappa shape index (κ2) is 8.70. The molecule has 0 aliphatic carbocycles. The average Bonchev–Trinajstić information content (AvgIpc) is 3.40. The Morgan fingerprint density at radius 2 is 1.75 bits per heavy atom. The molecule has 1 atom stereocenters. The lowest BCUT2D eigenvalue weighted by Gasteiger charge is -2.26. The number of carbonyl (C=O) groups is 3. The number of ether oxygens (including phenoxy) is 2. The number of methoxy groups -OCH3 is 1. The molecule has 0 saturated heterocycles. The van der Waals surface area contributed by atoms with Crippen molar-refractivity contribution in [3.63, 3.8) is 0 Å². The van der Waals surface area contributed by atoms with Gasteiger partial charge in [0.15, 0.2) is 11.5 Å². The van der Waals surface area contributed by atoms with Gasteiger partial charge in [-0.15, -0.1) is 0 Å². The monoisotopic (exact) mass is 432 g/mol. The molecule has 7 heteroatoms. The zero-order valence-electron chi connectivity index (χ0n) is 18.2. The van der Waals surface area contributed by atoms with Gasteiger partial charge in [-0.05, 0) is 55.8 Å². The number of hydrogen-bond donors (Lipinski definition) is 0. The molecule has 0 bridgehead atoms. The van der Waals surface area contributed by atoms with Gasteiger partial charge in [-0.3, -0.25) is 19.3 Å². The first-order valence-corrected chi connectivity index (χ1v) is 10.4. The van der Waals surface area contributed by atoms with Gasteiger partial charge in [0, 0.05) is 18.8 Å². The first kappa shape index (κ1) is 21.4. The highest BCUT2D eigenvalue weighted by Gasteiger charge is 2.42. The summed E-state index contributed by atoms with van der Waals surface area (Å²) in [5.74, 6) is 0.0550. The first-order chi connectivity index (χ1) is 15.5. The Labute approximate surface area is 186 Å². The SMILES string of the molecule is CCOc1cc(C(CC(C)=O)N2C(=O)c3cccc(-n4cccc4)c3C2=O)ccc1OC. The maximum Gasteiger partial charge on any atom is 0.264 e. The molecule has 0 saturated carbocycles. The van der Waals surface area contributed by atoms with Gasteiger partial charge < -0.3 is 14.0 Å². The van der Waals surface area contributed by atoms with Crippen LogP contribution in [-0.4, -0.2) is 40.8 Å². The molecule has 0 spiro atoms. The largest absolute Gasteiger partial charge is 0.493 e. The fourth-order valence-corrected chi connectivity index (χ4v) is 4.08. The van der Waals surface area contributed by atoms with E-state index in [0.717, 1.165) is 0 Å². The van der Waals surface area contributed by atoms with Gasteiger partial charge in [-0.2, -0.15) is 0 Å². The third-order valence-electron chi connectivity index (χ3n) is 5.47. The standard InChI is InChI=1S/C25H24N2O5/c1-4-32-22-15-17(10-11-21(22)31-3)20(14-16(2)28)27-24(29)18-8-7-9-19(23(18)25(27)30)26-12-5-6-13-26/h5-13,15,20H,4,14H2,1-3H3. The van der Waals surface area contributed by atoms with Crippen LogP contribution in [0.25, 0.3) is 5.69 Å². The van der Waals surface area contributed by atoms with Gasteiger partial charge >= 0.3 is 0 Å². The van der Waals surface area contributed by atoms with Crippen molar-refractivity contribution in [1.29, 1.82) is 0 Å². The van der Waals surface area contributed by atoms with Crippen LogP contribution in [-0.2, 0) is 4.79 Å². The van der Waals surface area contributed by atoms with E-state index >= 15 is 0 Å². The maximum atomic E-state index is 13.6. The summed E-state index contributed by atoms with van der Waals surface area (Å²) < 4.78 is 12.8. The first-order valence-electron chi connectivity index (χ1n) is 10.4. The Hall–Kier alpha value is -3.87. The van der Waals surface area contributed by atoms with Crippen LogP contribution in [0.3, 0.4) is 0 Å². The van der Waals surface area contributed by atoms with Crippen LogP contribution in [0.5, 0.6) is 11.5 Å². The third-order valence-corrected chi connectivity index (χ3v) is 5.47. The topological polar surface area (TPSA) is 77.8 Å². The summed E-state index contributed by atoms with van der Waals surface area (Å²) in [6.07, 6.45) is 3.64. The summed E-state index contributed by atoms with van der Waals surface area (Å²) in [4.78, 5) is 40.3. The number of benzene rings is 2. The van der Waals surface area contributed by atoms with E-state index in [1.807, 2.05) is 31.5 Å². The normalized spacial score (nSPS) is 13.8. The number of fused-ring (bicyclic) bond motifs is 1. The predicted molar refractivity (Wildman–Crippen MR) is 118 cm³/mol. The fourth-order valence-electron chi connectivity index (χ4n) is 4.08. The molecular formula is C25H24N2O5. The van der Waals surface area contributed by atoms with Crippen molar-refractivity contribution in [2.45, 2.75) is 26.3 Å². The highest BCUT2D eigenvalue weighted by molar-refractivity contribution is 6.23. The lowest BCUT2D eigenvalue weighted by Crippen LogP contribution is -2.35. The second-order valence-electron chi connectivity index (χ2n) is 7.54.